The first-order chi connectivity index (χ1) is 13.0. The number of ether oxygens (including phenoxy) is 4. The summed E-state index contributed by atoms with van der Waals surface area (Å²) in [6, 6.07) is 10.1. The van der Waals surface area contributed by atoms with Crippen LogP contribution in [-0.4, -0.2) is 39.2 Å². The van der Waals surface area contributed by atoms with E-state index in [0.717, 1.165) is 0 Å². The van der Waals surface area contributed by atoms with E-state index in [9.17, 15) is 9.59 Å². The molecule has 2 amide bonds. The van der Waals surface area contributed by atoms with Gasteiger partial charge in [0.2, 0.25) is 5.75 Å². The molecule has 0 spiro atoms. The number of carbonyl (C=O) groups is 2. The number of anilines is 1. The number of rotatable bonds is 9. The number of hydrogen-bond donors (Lipinski definition) is 2. The Hall–Kier alpha value is -3.42. The van der Waals surface area contributed by atoms with Crippen LogP contribution in [0.2, 0.25) is 0 Å². The Balaban J connectivity index is 2.32. The summed E-state index contributed by atoms with van der Waals surface area (Å²) in [6.45, 7) is 1.99. The number of benzene rings is 2. The predicted octanol–water partition coefficient (Wildman–Crippen LogP) is 2.22. The molecule has 0 aromatic heterocycles. The van der Waals surface area contributed by atoms with E-state index in [1.54, 1.807) is 18.2 Å². The summed E-state index contributed by atoms with van der Waals surface area (Å²) in [6.07, 6.45) is 0. The van der Waals surface area contributed by atoms with E-state index in [0.29, 0.717) is 18.0 Å². The van der Waals surface area contributed by atoms with Crippen molar-refractivity contribution in [1.82, 2.24) is 0 Å². The van der Waals surface area contributed by atoms with E-state index in [1.807, 2.05) is 13.0 Å². The monoisotopic (exact) mass is 374 g/mol. The Morgan fingerprint density at radius 3 is 2.19 bits per heavy atom. The van der Waals surface area contributed by atoms with Crippen molar-refractivity contribution in [2.75, 3.05) is 32.8 Å². The average Bonchev–Trinajstić information content (AvgIpc) is 2.67. The fraction of sp³-hybridized carbons (Fsp3) is 0.263. The summed E-state index contributed by atoms with van der Waals surface area (Å²) >= 11 is 0. The van der Waals surface area contributed by atoms with Gasteiger partial charge in [0.05, 0.1) is 26.5 Å². The summed E-state index contributed by atoms with van der Waals surface area (Å²) in [5, 5.41) is 2.79. The molecule has 2 aromatic rings. The zero-order valence-electron chi connectivity index (χ0n) is 15.4. The lowest BCUT2D eigenvalue weighted by Gasteiger charge is -2.16. The molecule has 0 saturated heterocycles. The molecule has 27 heavy (non-hydrogen) atoms. The second-order valence-corrected chi connectivity index (χ2v) is 5.35. The van der Waals surface area contributed by atoms with Gasteiger partial charge in [0.15, 0.2) is 18.1 Å². The van der Waals surface area contributed by atoms with E-state index in [4.69, 9.17) is 24.7 Å². The minimum atomic E-state index is -0.645. The lowest BCUT2D eigenvalue weighted by molar-refractivity contribution is -0.120. The quantitative estimate of drug-likeness (QED) is 0.697. The molecule has 0 aliphatic rings. The topological polar surface area (TPSA) is 109 Å². The number of amides is 2. The summed E-state index contributed by atoms with van der Waals surface area (Å²) in [5.74, 6) is 0.185. The molecule has 0 aliphatic heterocycles. The van der Waals surface area contributed by atoms with Crippen LogP contribution in [-0.2, 0) is 4.79 Å². The molecular formula is C19H22N2O6. The fourth-order valence-corrected chi connectivity index (χ4v) is 2.34. The summed E-state index contributed by atoms with van der Waals surface area (Å²) in [5.41, 5.74) is 5.92. The van der Waals surface area contributed by atoms with Crippen molar-refractivity contribution >= 4 is 17.5 Å². The van der Waals surface area contributed by atoms with Gasteiger partial charge in [0.25, 0.3) is 11.8 Å². The second-order valence-electron chi connectivity index (χ2n) is 5.35. The van der Waals surface area contributed by atoms with Crippen molar-refractivity contribution in [3.8, 4) is 23.0 Å². The van der Waals surface area contributed by atoms with E-state index in [1.165, 1.54) is 26.4 Å². The first-order valence-corrected chi connectivity index (χ1v) is 8.20. The lowest BCUT2D eigenvalue weighted by Crippen LogP contribution is -2.20. The average molecular weight is 374 g/mol. The normalized spacial score (nSPS) is 10.0. The van der Waals surface area contributed by atoms with Gasteiger partial charge in [-0.2, -0.15) is 0 Å². The Kier molecular flexibility index (Phi) is 6.87. The molecule has 0 unspecified atom stereocenters. The van der Waals surface area contributed by atoms with Crippen LogP contribution in [0.4, 0.5) is 5.69 Å². The van der Waals surface area contributed by atoms with Crippen molar-refractivity contribution in [3.63, 3.8) is 0 Å². The highest BCUT2D eigenvalue weighted by Gasteiger charge is 2.19. The molecule has 2 aromatic carbocycles. The first-order valence-electron chi connectivity index (χ1n) is 8.20. The minimum absolute atomic E-state index is 0.185. The molecule has 0 saturated carbocycles. The molecule has 8 heteroatoms. The van der Waals surface area contributed by atoms with Gasteiger partial charge in [-0.15, -0.1) is 0 Å². The highest BCUT2D eigenvalue weighted by molar-refractivity contribution is 6.05. The Bertz CT molecular complexity index is 797. The summed E-state index contributed by atoms with van der Waals surface area (Å²) in [4.78, 5) is 23.7. The summed E-state index contributed by atoms with van der Waals surface area (Å²) < 4.78 is 21.4. The van der Waals surface area contributed by atoms with Crippen molar-refractivity contribution in [2.24, 2.45) is 5.73 Å². The number of hydrogen-bond acceptors (Lipinski definition) is 6. The molecule has 0 bridgehead atoms. The van der Waals surface area contributed by atoms with Gasteiger partial charge in [0.1, 0.15) is 5.75 Å². The third-order valence-corrected chi connectivity index (χ3v) is 3.52. The Labute approximate surface area is 157 Å². The smallest absolute Gasteiger partial charge is 0.256 e. The van der Waals surface area contributed by atoms with Gasteiger partial charge in [-0.1, -0.05) is 12.1 Å². The number of methoxy groups -OCH3 is 2. The third kappa shape index (κ3) is 5.04. The van der Waals surface area contributed by atoms with Crippen LogP contribution < -0.4 is 30.0 Å². The van der Waals surface area contributed by atoms with Gasteiger partial charge in [-0.05, 0) is 31.2 Å². The fourth-order valence-electron chi connectivity index (χ4n) is 2.34. The van der Waals surface area contributed by atoms with Crippen LogP contribution in [0.1, 0.15) is 17.3 Å². The molecule has 3 N–H and O–H groups in total. The van der Waals surface area contributed by atoms with Gasteiger partial charge in [-0.25, -0.2) is 0 Å². The zero-order valence-corrected chi connectivity index (χ0v) is 15.4. The summed E-state index contributed by atoms with van der Waals surface area (Å²) in [7, 11) is 2.83. The van der Waals surface area contributed by atoms with E-state index in [-0.39, 0.29) is 35.3 Å². The highest BCUT2D eigenvalue weighted by atomic mass is 16.5. The first kappa shape index (κ1) is 19.9. The van der Waals surface area contributed by atoms with Crippen LogP contribution in [0, 0.1) is 0 Å². The predicted molar refractivity (Wildman–Crippen MR) is 99.8 cm³/mol. The number of carbonyl (C=O) groups excluding carboxylic acids is 2. The van der Waals surface area contributed by atoms with Gasteiger partial charge < -0.3 is 30.0 Å². The minimum Gasteiger partial charge on any atom is -0.493 e. The molecule has 0 radical (unpaired) electrons. The van der Waals surface area contributed by atoms with Crippen molar-refractivity contribution in [3.05, 3.63) is 42.0 Å². The molecule has 0 fully saturated rings. The van der Waals surface area contributed by atoms with Crippen LogP contribution in [0.3, 0.4) is 0 Å². The molecule has 0 aliphatic carbocycles. The van der Waals surface area contributed by atoms with Crippen LogP contribution in [0.25, 0.3) is 0 Å². The van der Waals surface area contributed by atoms with Crippen LogP contribution in [0.5, 0.6) is 23.0 Å². The number of primary amides is 1. The zero-order chi connectivity index (χ0) is 19.8. The van der Waals surface area contributed by atoms with E-state index >= 15 is 0 Å². The van der Waals surface area contributed by atoms with Crippen molar-refractivity contribution < 1.29 is 28.5 Å². The molecule has 2 rings (SSSR count). The highest BCUT2D eigenvalue weighted by Crippen LogP contribution is 2.39. The Morgan fingerprint density at radius 2 is 1.63 bits per heavy atom. The SMILES string of the molecule is CCOc1ccccc1NC(=O)c1cc(OC)c(OCC(N)=O)c(OC)c1. The van der Waals surface area contributed by atoms with Gasteiger partial charge >= 0.3 is 0 Å². The van der Waals surface area contributed by atoms with Gasteiger partial charge in [0, 0.05) is 5.56 Å². The number of para-hydroxylation sites is 2. The molecular weight excluding hydrogens is 352 g/mol. The lowest BCUT2D eigenvalue weighted by atomic mass is 10.1. The third-order valence-electron chi connectivity index (χ3n) is 3.52. The number of nitrogens with two attached hydrogens (primary N) is 1. The maximum absolute atomic E-state index is 12.7. The maximum atomic E-state index is 12.7. The molecule has 8 nitrogen and oxygen atoms in total. The molecule has 144 valence electrons. The van der Waals surface area contributed by atoms with E-state index in [2.05, 4.69) is 5.32 Å². The second kappa shape index (κ2) is 9.33. The van der Waals surface area contributed by atoms with Crippen LogP contribution in [0.15, 0.2) is 36.4 Å². The molecule has 0 heterocycles. The standard InChI is InChI=1S/C19H22N2O6/c1-4-26-14-8-6-5-7-13(14)21-19(23)12-9-15(24-2)18(16(10-12)25-3)27-11-17(20)22/h5-10H,4,11H2,1-3H3,(H2,20,22)(H,21,23). The Morgan fingerprint density at radius 1 is 1.00 bits per heavy atom. The number of nitrogens with one attached hydrogen (secondary N) is 1. The van der Waals surface area contributed by atoms with Crippen molar-refractivity contribution in [1.29, 1.82) is 0 Å². The van der Waals surface area contributed by atoms with Crippen LogP contribution >= 0.6 is 0 Å². The molecule has 0 atom stereocenters. The maximum Gasteiger partial charge on any atom is 0.256 e. The largest absolute Gasteiger partial charge is 0.493 e. The van der Waals surface area contributed by atoms with E-state index < -0.39 is 5.91 Å². The van der Waals surface area contributed by atoms with Crippen molar-refractivity contribution in [2.45, 2.75) is 6.92 Å². The van der Waals surface area contributed by atoms with Gasteiger partial charge in [-0.3, -0.25) is 9.59 Å².